The minimum absolute atomic E-state index is 0.0267. The van der Waals surface area contributed by atoms with Gasteiger partial charge in [-0.25, -0.2) is 4.79 Å². The van der Waals surface area contributed by atoms with Gasteiger partial charge in [0.25, 0.3) is 0 Å². The van der Waals surface area contributed by atoms with Gasteiger partial charge in [0.05, 0.1) is 22.2 Å². The minimum Gasteiger partial charge on any atom is -0.487 e. The van der Waals surface area contributed by atoms with E-state index < -0.39 is 5.97 Å². The second kappa shape index (κ2) is 9.08. The third-order valence-corrected chi connectivity index (χ3v) is 4.76. The van der Waals surface area contributed by atoms with Crippen molar-refractivity contribution >= 4 is 41.0 Å². The van der Waals surface area contributed by atoms with Crippen LogP contribution in [0.25, 0.3) is 0 Å². The van der Waals surface area contributed by atoms with Gasteiger partial charge in [-0.05, 0) is 29.8 Å². The molecule has 2 aromatic carbocycles. The van der Waals surface area contributed by atoms with Crippen molar-refractivity contribution in [3.63, 3.8) is 0 Å². The fourth-order valence-electron chi connectivity index (χ4n) is 2.71. The number of hydrogen-bond acceptors (Lipinski definition) is 5. The van der Waals surface area contributed by atoms with Gasteiger partial charge in [0.1, 0.15) is 13.2 Å². The van der Waals surface area contributed by atoms with Crippen LogP contribution in [0.3, 0.4) is 0 Å². The van der Waals surface area contributed by atoms with Crippen LogP contribution in [0.2, 0.25) is 10.0 Å². The highest BCUT2D eigenvalue weighted by atomic mass is 35.5. The molecule has 0 atom stereocenters. The summed E-state index contributed by atoms with van der Waals surface area (Å²) < 4.78 is 10.6. The molecule has 0 unspecified atom stereocenters. The monoisotopic (exact) mass is 421 g/mol. The quantitative estimate of drug-likeness (QED) is 0.385. The fraction of sp³-hybridized carbons (Fsp3) is 0.250. The van der Waals surface area contributed by atoms with E-state index in [1.165, 1.54) is 4.90 Å². The Labute approximate surface area is 171 Å². The van der Waals surface area contributed by atoms with Crippen LogP contribution >= 0.6 is 23.2 Å². The van der Waals surface area contributed by atoms with Crippen molar-refractivity contribution in [3.05, 3.63) is 63.6 Å². The molecular weight excluding hydrogens is 405 g/mol. The van der Waals surface area contributed by atoms with Crippen LogP contribution in [0.1, 0.15) is 28.8 Å². The summed E-state index contributed by atoms with van der Waals surface area (Å²) in [5, 5.41) is 0.758. The van der Waals surface area contributed by atoms with Gasteiger partial charge < -0.3 is 9.47 Å². The number of hydrogen-bond donors (Lipinski definition) is 0. The summed E-state index contributed by atoms with van der Waals surface area (Å²) in [5.74, 6) is -0.509. The number of para-hydroxylation sites is 1. The van der Waals surface area contributed by atoms with Crippen LogP contribution in [-0.4, -0.2) is 35.9 Å². The third-order valence-electron chi connectivity index (χ3n) is 4.17. The number of benzene rings is 2. The zero-order valence-corrected chi connectivity index (χ0v) is 16.3. The van der Waals surface area contributed by atoms with E-state index in [1.807, 2.05) is 0 Å². The van der Waals surface area contributed by atoms with Gasteiger partial charge in [-0.15, -0.1) is 0 Å². The summed E-state index contributed by atoms with van der Waals surface area (Å²) >= 11 is 12.0. The van der Waals surface area contributed by atoms with Gasteiger partial charge in [-0.3, -0.25) is 14.5 Å². The van der Waals surface area contributed by atoms with Gasteiger partial charge in [0, 0.05) is 12.8 Å². The molecule has 0 aromatic heterocycles. The summed E-state index contributed by atoms with van der Waals surface area (Å²) in [7, 11) is 0. The maximum absolute atomic E-state index is 12.1. The smallest absolute Gasteiger partial charge is 0.338 e. The van der Waals surface area contributed by atoms with E-state index in [9.17, 15) is 14.4 Å². The van der Waals surface area contributed by atoms with Crippen LogP contribution in [0.4, 0.5) is 0 Å². The van der Waals surface area contributed by atoms with Crippen LogP contribution in [0, 0.1) is 0 Å². The Balaban J connectivity index is 1.48. The number of halogens is 2. The minimum atomic E-state index is -0.506. The number of imide groups is 1. The summed E-state index contributed by atoms with van der Waals surface area (Å²) in [5.41, 5.74) is 1.12. The number of rotatable bonds is 7. The molecule has 146 valence electrons. The predicted octanol–water partition coefficient (Wildman–Crippen LogP) is 3.88. The molecular formula is C20H17Cl2NO5. The molecule has 1 aliphatic rings. The molecule has 6 nitrogen and oxygen atoms in total. The second-order valence-corrected chi connectivity index (χ2v) is 6.92. The average Bonchev–Trinajstić information content (AvgIpc) is 2.99. The van der Waals surface area contributed by atoms with Crippen molar-refractivity contribution in [3.8, 4) is 5.75 Å². The Kier molecular flexibility index (Phi) is 6.54. The fourth-order valence-corrected chi connectivity index (χ4v) is 3.22. The van der Waals surface area contributed by atoms with Crippen molar-refractivity contribution < 1.29 is 23.9 Å². The molecule has 0 saturated carbocycles. The standard InChI is InChI=1S/C20H17Cl2NO5/c21-15-2-1-3-16(22)19(15)27-10-11-28-20(26)14-6-4-13(5-7-14)12-23-17(24)8-9-18(23)25/h1-7H,8-12H2. The van der Waals surface area contributed by atoms with E-state index in [-0.39, 0.29) is 44.4 Å². The first-order valence-corrected chi connectivity index (χ1v) is 9.37. The van der Waals surface area contributed by atoms with Crippen molar-refractivity contribution in [1.82, 2.24) is 4.90 Å². The van der Waals surface area contributed by atoms with Crippen LogP contribution < -0.4 is 4.74 Å². The van der Waals surface area contributed by atoms with Gasteiger partial charge in [0.15, 0.2) is 5.75 Å². The SMILES string of the molecule is O=C(OCCOc1c(Cl)cccc1Cl)c1ccc(CN2C(=O)CCC2=O)cc1. The zero-order chi connectivity index (χ0) is 20.1. The van der Waals surface area contributed by atoms with Crippen molar-refractivity contribution in [2.24, 2.45) is 0 Å². The molecule has 1 aliphatic heterocycles. The molecule has 0 N–H and O–H groups in total. The lowest BCUT2D eigenvalue weighted by atomic mass is 10.1. The number of likely N-dealkylation sites (tertiary alicyclic amines) is 1. The number of esters is 1. The van der Waals surface area contributed by atoms with E-state index in [4.69, 9.17) is 32.7 Å². The molecule has 1 saturated heterocycles. The Hall–Kier alpha value is -2.57. The Morgan fingerprint density at radius 3 is 2.14 bits per heavy atom. The number of carbonyl (C=O) groups is 3. The topological polar surface area (TPSA) is 72.9 Å². The first-order chi connectivity index (χ1) is 13.5. The summed E-state index contributed by atoms with van der Waals surface area (Å²) in [6, 6.07) is 11.6. The van der Waals surface area contributed by atoms with Gasteiger partial charge in [0.2, 0.25) is 11.8 Å². The molecule has 1 heterocycles. The molecule has 2 amide bonds. The molecule has 0 bridgehead atoms. The van der Waals surface area contributed by atoms with Crippen LogP contribution in [0.5, 0.6) is 5.75 Å². The number of ether oxygens (including phenoxy) is 2. The summed E-state index contributed by atoms with van der Waals surface area (Å²) in [4.78, 5) is 36.6. The second-order valence-electron chi connectivity index (χ2n) is 6.11. The van der Waals surface area contributed by atoms with Crippen molar-refractivity contribution in [2.75, 3.05) is 13.2 Å². The van der Waals surface area contributed by atoms with E-state index in [0.717, 1.165) is 5.56 Å². The van der Waals surface area contributed by atoms with Crippen LogP contribution in [-0.2, 0) is 20.9 Å². The highest BCUT2D eigenvalue weighted by Gasteiger charge is 2.28. The average molecular weight is 422 g/mol. The van der Waals surface area contributed by atoms with E-state index >= 15 is 0 Å². The normalized spacial score (nSPS) is 13.7. The number of amides is 2. The molecule has 8 heteroatoms. The van der Waals surface area contributed by atoms with Crippen molar-refractivity contribution in [1.29, 1.82) is 0 Å². The van der Waals surface area contributed by atoms with E-state index in [1.54, 1.807) is 42.5 Å². The Morgan fingerprint density at radius 2 is 1.54 bits per heavy atom. The third kappa shape index (κ3) is 4.82. The highest BCUT2D eigenvalue weighted by Crippen LogP contribution is 2.32. The maximum Gasteiger partial charge on any atom is 0.338 e. The highest BCUT2D eigenvalue weighted by molar-refractivity contribution is 6.37. The summed E-state index contributed by atoms with van der Waals surface area (Å²) in [6.07, 6.45) is 0.509. The summed E-state index contributed by atoms with van der Waals surface area (Å²) in [6.45, 7) is 0.338. The first-order valence-electron chi connectivity index (χ1n) is 8.62. The lowest BCUT2D eigenvalue weighted by Crippen LogP contribution is -2.28. The molecule has 28 heavy (non-hydrogen) atoms. The Bertz CT molecular complexity index is 862. The largest absolute Gasteiger partial charge is 0.487 e. The van der Waals surface area contributed by atoms with Gasteiger partial charge in [-0.2, -0.15) is 0 Å². The Morgan fingerprint density at radius 1 is 0.929 bits per heavy atom. The first kappa shape index (κ1) is 20.2. The van der Waals surface area contributed by atoms with E-state index in [2.05, 4.69) is 0 Å². The lowest BCUT2D eigenvalue weighted by molar-refractivity contribution is -0.139. The predicted molar refractivity (Wildman–Crippen MR) is 103 cm³/mol. The maximum atomic E-state index is 12.1. The van der Waals surface area contributed by atoms with Crippen LogP contribution in [0.15, 0.2) is 42.5 Å². The number of carbonyl (C=O) groups excluding carboxylic acids is 3. The molecule has 0 aliphatic carbocycles. The van der Waals surface area contributed by atoms with E-state index in [0.29, 0.717) is 21.4 Å². The molecule has 3 rings (SSSR count). The van der Waals surface area contributed by atoms with Crippen molar-refractivity contribution in [2.45, 2.75) is 19.4 Å². The molecule has 2 aromatic rings. The van der Waals surface area contributed by atoms with Gasteiger partial charge >= 0.3 is 5.97 Å². The number of nitrogens with zero attached hydrogens (tertiary/aromatic N) is 1. The molecule has 1 fully saturated rings. The molecule has 0 radical (unpaired) electrons. The van der Waals surface area contributed by atoms with Gasteiger partial charge in [-0.1, -0.05) is 41.4 Å². The molecule has 0 spiro atoms. The zero-order valence-electron chi connectivity index (χ0n) is 14.8. The lowest BCUT2D eigenvalue weighted by Gasteiger charge is -2.14.